The number of ketones is 1. The Morgan fingerprint density at radius 1 is 1.10 bits per heavy atom. The number of methoxy groups -OCH3 is 1. The van der Waals surface area contributed by atoms with Crippen LogP contribution in [-0.2, 0) is 22.7 Å². The highest BCUT2D eigenvalue weighted by Gasteiger charge is 2.44. The van der Waals surface area contributed by atoms with Gasteiger partial charge in [0.25, 0.3) is 0 Å². The molecule has 0 saturated carbocycles. The SMILES string of the molecule is COc1ccc(C(=O)[C@@H](C[C@H]2[C@@H](O)C[C@@H](C(C)C)C(=O)N2Cc2ccccc2)C(C)C)cc1COCCCO. The van der Waals surface area contributed by atoms with Gasteiger partial charge in [0.1, 0.15) is 5.75 Å². The van der Waals surface area contributed by atoms with Gasteiger partial charge in [-0.15, -0.1) is 0 Å². The van der Waals surface area contributed by atoms with Gasteiger partial charge in [0.15, 0.2) is 5.78 Å². The van der Waals surface area contributed by atoms with Crippen LogP contribution in [0.2, 0.25) is 0 Å². The molecular formula is C32H45NO6. The molecule has 3 rings (SSSR count). The second kappa shape index (κ2) is 14.6. The highest BCUT2D eigenvalue weighted by atomic mass is 16.5. The molecule has 1 fully saturated rings. The molecule has 0 radical (unpaired) electrons. The van der Waals surface area contributed by atoms with E-state index in [1.807, 2.05) is 69.0 Å². The number of carbonyl (C=O) groups is 2. The summed E-state index contributed by atoms with van der Waals surface area (Å²) in [5.41, 5.74) is 2.32. The number of aliphatic hydroxyl groups excluding tert-OH is 2. The van der Waals surface area contributed by atoms with Gasteiger partial charge in [-0.2, -0.15) is 0 Å². The van der Waals surface area contributed by atoms with E-state index in [1.54, 1.807) is 19.2 Å². The fourth-order valence-corrected chi connectivity index (χ4v) is 5.47. The van der Waals surface area contributed by atoms with E-state index in [0.29, 0.717) is 43.7 Å². The minimum Gasteiger partial charge on any atom is -0.496 e. The lowest BCUT2D eigenvalue weighted by atomic mass is 9.76. The average molecular weight is 540 g/mol. The normalized spacial score (nSPS) is 20.5. The molecule has 2 aromatic carbocycles. The summed E-state index contributed by atoms with van der Waals surface area (Å²) in [6.45, 7) is 9.21. The van der Waals surface area contributed by atoms with E-state index in [1.165, 1.54) is 0 Å². The molecule has 2 aromatic rings. The lowest BCUT2D eigenvalue weighted by Crippen LogP contribution is -2.56. The molecule has 1 aliphatic heterocycles. The number of hydrogen-bond acceptors (Lipinski definition) is 6. The number of carbonyl (C=O) groups excluding carboxylic acids is 2. The maximum atomic E-state index is 13.9. The maximum absolute atomic E-state index is 13.9. The molecule has 1 heterocycles. The molecule has 0 aliphatic carbocycles. The van der Waals surface area contributed by atoms with E-state index in [-0.39, 0.29) is 48.6 Å². The summed E-state index contributed by atoms with van der Waals surface area (Å²) in [7, 11) is 1.58. The first-order valence-electron chi connectivity index (χ1n) is 14.1. The van der Waals surface area contributed by atoms with Crippen molar-refractivity contribution in [1.82, 2.24) is 4.90 Å². The number of amides is 1. The molecule has 4 atom stereocenters. The van der Waals surface area contributed by atoms with E-state index in [2.05, 4.69) is 0 Å². The Hall–Kier alpha value is -2.74. The third kappa shape index (κ3) is 7.90. The smallest absolute Gasteiger partial charge is 0.226 e. The van der Waals surface area contributed by atoms with Gasteiger partial charge in [-0.1, -0.05) is 58.0 Å². The monoisotopic (exact) mass is 539 g/mol. The molecular weight excluding hydrogens is 494 g/mol. The first kappa shape index (κ1) is 30.8. The largest absolute Gasteiger partial charge is 0.496 e. The van der Waals surface area contributed by atoms with Crippen LogP contribution in [0.25, 0.3) is 0 Å². The number of likely N-dealkylation sites (tertiary alicyclic amines) is 1. The summed E-state index contributed by atoms with van der Waals surface area (Å²) < 4.78 is 11.1. The highest BCUT2D eigenvalue weighted by molar-refractivity contribution is 5.98. The van der Waals surface area contributed by atoms with Crippen molar-refractivity contribution in [3.63, 3.8) is 0 Å². The first-order valence-corrected chi connectivity index (χ1v) is 14.1. The van der Waals surface area contributed by atoms with E-state index < -0.39 is 12.1 Å². The molecule has 1 amide bonds. The highest BCUT2D eigenvalue weighted by Crippen LogP contribution is 2.35. The zero-order valence-electron chi connectivity index (χ0n) is 24.0. The average Bonchev–Trinajstić information content (AvgIpc) is 2.92. The standard InChI is InChI=1S/C32H45NO6/c1-21(2)26(31(36)24-12-13-30(38-5)25(16-24)20-39-15-9-14-34)17-28-29(35)18-27(22(3)4)32(37)33(28)19-23-10-7-6-8-11-23/h6-8,10-13,16,21-22,26-29,34-35H,9,14-15,17-20H2,1-5H3/t26-,27-,28-,29-/m0/s1. The van der Waals surface area contributed by atoms with Crippen LogP contribution >= 0.6 is 0 Å². The van der Waals surface area contributed by atoms with Gasteiger partial charge in [0, 0.05) is 42.7 Å². The number of aliphatic hydroxyl groups is 2. The van der Waals surface area contributed by atoms with Crippen molar-refractivity contribution in [3.8, 4) is 5.75 Å². The minimum absolute atomic E-state index is 0.00700. The molecule has 214 valence electrons. The first-order chi connectivity index (χ1) is 18.7. The second-order valence-electron chi connectivity index (χ2n) is 11.3. The molecule has 0 spiro atoms. The lowest BCUT2D eigenvalue weighted by molar-refractivity contribution is -0.153. The summed E-state index contributed by atoms with van der Waals surface area (Å²) in [5, 5.41) is 20.3. The Morgan fingerprint density at radius 2 is 1.82 bits per heavy atom. The van der Waals surface area contributed by atoms with Crippen molar-refractivity contribution >= 4 is 11.7 Å². The predicted octanol–water partition coefficient (Wildman–Crippen LogP) is 4.87. The Bertz CT molecular complexity index is 1070. The van der Waals surface area contributed by atoms with E-state index in [9.17, 15) is 14.7 Å². The fourth-order valence-electron chi connectivity index (χ4n) is 5.47. The van der Waals surface area contributed by atoms with Gasteiger partial charge in [-0.3, -0.25) is 9.59 Å². The summed E-state index contributed by atoms with van der Waals surface area (Å²) in [6, 6.07) is 14.7. The number of nitrogens with zero attached hydrogens (tertiary/aromatic N) is 1. The number of Topliss-reactive ketones (excluding diaryl/α,β-unsaturated/α-hetero) is 1. The third-order valence-electron chi connectivity index (χ3n) is 7.85. The van der Waals surface area contributed by atoms with Crippen molar-refractivity contribution in [3.05, 3.63) is 65.2 Å². The zero-order chi connectivity index (χ0) is 28.5. The summed E-state index contributed by atoms with van der Waals surface area (Å²) in [6.07, 6.45) is 0.619. The van der Waals surface area contributed by atoms with Crippen LogP contribution in [0.1, 0.15) is 68.4 Å². The van der Waals surface area contributed by atoms with Crippen molar-refractivity contribution in [2.24, 2.45) is 23.7 Å². The number of rotatable bonds is 14. The minimum atomic E-state index is -0.709. The summed E-state index contributed by atoms with van der Waals surface area (Å²) >= 11 is 0. The summed E-state index contributed by atoms with van der Waals surface area (Å²) in [4.78, 5) is 29.4. The van der Waals surface area contributed by atoms with Crippen molar-refractivity contribution < 1.29 is 29.3 Å². The van der Waals surface area contributed by atoms with Crippen molar-refractivity contribution in [2.75, 3.05) is 20.3 Å². The molecule has 0 bridgehead atoms. The van der Waals surface area contributed by atoms with Gasteiger partial charge in [-0.05, 0) is 54.9 Å². The predicted molar refractivity (Wildman–Crippen MR) is 151 cm³/mol. The van der Waals surface area contributed by atoms with Gasteiger partial charge < -0.3 is 24.6 Å². The molecule has 39 heavy (non-hydrogen) atoms. The molecule has 1 aliphatic rings. The zero-order valence-corrected chi connectivity index (χ0v) is 24.0. The Labute approximate surface area is 233 Å². The van der Waals surface area contributed by atoms with Gasteiger partial charge >= 0.3 is 0 Å². The van der Waals surface area contributed by atoms with Crippen LogP contribution < -0.4 is 4.74 Å². The Balaban J connectivity index is 1.88. The maximum Gasteiger partial charge on any atom is 0.226 e. The molecule has 0 aromatic heterocycles. The number of hydrogen-bond donors (Lipinski definition) is 2. The van der Waals surface area contributed by atoms with E-state index in [0.717, 1.165) is 11.1 Å². The van der Waals surface area contributed by atoms with Crippen LogP contribution in [-0.4, -0.2) is 59.3 Å². The van der Waals surface area contributed by atoms with E-state index >= 15 is 0 Å². The van der Waals surface area contributed by atoms with E-state index in [4.69, 9.17) is 14.6 Å². The van der Waals surface area contributed by atoms with Crippen LogP contribution in [0.4, 0.5) is 0 Å². The van der Waals surface area contributed by atoms with Crippen molar-refractivity contribution in [2.45, 2.75) is 72.3 Å². The second-order valence-corrected chi connectivity index (χ2v) is 11.3. The number of piperidine rings is 1. The molecule has 2 N–H and O–H groups in total. The van der Waals surface area contributed by atoms with Gasteiger partial charge in [-0.25, -0.2) is 0 Å². The lowest BCUT2D eigenvalue weighted by Gasteiger charge is -2.45. The molecule has 0 unspecified atom stereocenters. The van der Waals surface area contributed by atoms with Crippen LogP contribution in [0.15, 0.2) is 48.5 Å². The third-order valence-corrected chi connectivity index (χ3v) is 7.85. The molecule has 7 nitrogen and oxygen atoms in total. The van der Waals surface area contributed by atoms with Crippen LogP contribution in [0.5, 0.6) is 5.75 Å². The fraction of sp³-hybridized carbons (Fsp3) is 0.562. The van der Waals surface area contributed by atoms with Crippen molar-refractivity contribution in [1.29, 1.82) is 0 Å². The number of ether oxygens (including phenoxy) is 2. The quantitative estimate of drug-likeness (QED) is 0.263. The van der Waals surface area contributed by atoms with Crippen LogP contribution in [0, 0.1) is 23.7 Å². The molecule has 7 heteroatoms. The Morgan fingerprint density at radius 3 is 2.44 bits per heavy atom. The van der Waals surface area contributed by atoms with Gasteiger partial charge in [0.2, 0.25) is 5.91 Å². The summed E-state index contributed by atoms with van der Waals surface area (Å²) in [5.74, 6) is 0.156. The van der Waals surface area contributed by atoms with Crippen LogP contribution in [0.3, 0.4) is 0 Å². The topological polar surface area (TPSA) is 96.3 Å². The number of benzene rings is 2. The molecule has 1 saturated heterocycles. The Kier molecular flexibility index (Phi) is 11.5. The van der Waals surface area contributed by atoms with Gasteiger partial charge in [0.05, 0.1) is 25.9 Å².